The lowest BCUT2D eigenvalue weighted by molar-refractivity contribution is 0.501. The van der Waals surface area contributed by atoms with Gasteiger partial charge >= 0.3 is 0 Å². The van der Waals surface area contributed by atoms with Gasteiger partial charge in [-0.1, -0.05) is 18.5 Å². The van der Waals surface area contributed by atoms with Crippen molar-refractivity contribution < 1.29 is 0 Å². The van der Waals surface area contributed by atoms with Gasteiger partial charge in [0.25, 0.3) is 0 Å². The van der Waals surface area contributed by atoms with Gasteiger partial charge in [-0.2, -0.15) is 20.5 Å². The number of nitrogens with zero attached hydrogens (tertiary/aromatic N) is 4. The zero-order valence-electron chi connectivity index (χ0n) is 11.4. The van der Waals surface area contributed by atoms with Gasteiger partial charge in [0.1, 0.15) is 0 Å². The van der Waals surface area contributed by atoms with Crippen LogP contribution in [0.15, 0.2) is 6.20 Å². The van der Waals surface area contributed by atoms with E-state index in [4.69, 9.17) is 11.6 Å². The van der Waals surface area contributed by atoms with Crippen LogP contribution in [0.2, 0.25) is 5.02 Å². The van der Waals surface area contributed by atoms with Crippen molar-refractivity contribution in [1.29, 1.82) is 0 Å². The van der Waals surface area contributed by atoms with Crippen molar-refractivity contribution in [3.8, 4) is 0 Å². The van der Waals surface area contributed by atoms with Gasteiger partial charge in [-0.05, 0) is 19.9 Å². The Morgan fingerprint density at radius 3 is 2.84 bits per heavy atom. The minimum absolute atomic E-state index is 0.0889. The molecule has 0 amide bonds. The van der Waals surface area contributed by atoms with Crippen molar-refractivity contribution in [3.05, 3.63) is 28.3 Å². The third-order valence-electron chi connectivity index (χ3n) is 3.09. The van der Waals surface area contributed by atoms with E-state index in [2.05, 4.69) is 32.7 Å². The predicted octanol–water partition coefficient (Wildman–Crippen LogP) is 1.78. The summed E-state index contributed by atoms with van der Waals surface area (Å²) in [5.74, 6) is 0. The molecule has 0 aliphatic carbocycles. The Morgan fingerprint density at radius 1 is 1.53 bits per heavy atom. The van der Waals surface area contributed by atoms with E-state index in [1.54, 1.807) is 6.20 Å². The lowest BCUT2D eigenvalue weighted by atomic mass is 10.1. The molecule has 0 aliphatic heterocycles. The summed E-state index contributed by atoms with van der Waals surface area (Å²) in [7, 11) is 1.91. The summed E-state index contributed by atoms with van der Waals surface area (Å²) >= 11 is 6.30. The fourth-order valence-corrected chi connectivity index (χ4v) is 2.31. The van der Waals surface area contributed by atoms with Crippen molar-refractivity contribution >= 4 is 11.6 Å². The largest absolute Gasteiger partial charge is 0.308 e. The predicted molar refractivity (Wildman–Crippen MR) is 74.1 cm³/mol. The van der Waals surface area contributed by atoms with Crippen molar-refractivity contribution in [2.75, 3.05) is 6.54 Å². The van der Waals surface area contributed by atoms with Crippen LogP contribution < -0.4 is 5.32 Å². The van der Waals surface area contributed by atoms with Gasteiger partial charge in [-0.15, -0.1) is 0 Å². The Balaban J connectivity index is 2.20. The van der Waals surface area contributed by atoms with E-state index < -0.39 is 0 Å². The normalized spacial score (nSPS) is 12.8. The number of aromatic amines is 1. The molecule has 6 nitrogen and oxygen atoms in total. The minimum Gasteiger partial charge on any atom is -0.308 e. The molecule has 0 saturated carbocycles. The van der Waals surface area contributed by atoms with Crippen molar-refractivity contribution in [2.45, 2.75) is 32.7 Å². The van der Waals surface area contributed by atoms with Gasteiger partial charge in [0.15, 0.2) is 0 Å². The highest BCUT2D eigenvalue weighted by molar-refractivity contribution is 6.31. The number of nitrogens with one attached hydrogen (secondary N) is 2. The Labute approximate surface area is 117 Å². The lowest BCUT2D eigenvalue weighted by Crippen LogP contribution is -2.25. The van der Waals surface area contributed by atoms with Gasteiger partial charge in [0, 0.05) is 13.5 Å². The van der Waals surface area contributed by atoms with Gasteiger partial charge in [0.05, 0.1) is 34.3 Å². The minimum atomic E-state index is 0.0889. The molecule has 0 aliphatic rings. The van der Waals surface area contributed by atoms with Crippen LogP contribution >= 0.6 is 11.6 Å². The third kappa shape index (κ3) is 3.13. The molecule has 0 saturated heterocycles. The maximum atomic E-state index is 6.30. The molecule has 0 aromatic carbocycles. The molecule has 2 aromatic rings. The van der Waals surface area contributed by atoms with Crippen LogP contribution in [0, 0.1) is 6.92 Å². The first-order valence-electron chi connectivity index (χ1n) is 6.40. The molecule has 2 N–H and O–H groups in total. The molecule has 1 unspecified atom stereocenters. The average Bonchev–Trinajstić information content (AvgIpc) is 2.98. The highest BCUT2D eigenvalue weighted by Gasteiger charge is 2.19. The SMILES string of the molecule is CCCNC(Cc1c(Cl)c(C)nn1C)c1cn[nH]n1. The van der Waals surface area contributed by atoms with Crippen LogP contribution in [0.5, 0.6) is 0 Å². The molecule has 1 atom stereocenters. The third-order valence-corrected chi connectivity index (χ3v) is 3.58. The second-order valence-electron chi connectivity index (χ2n) is 4.58. The van der Waals surface area contributed by atoms with Crippen molar-refractivity contribution in [1.82, 2.24) is 30.5 Å². The number of H-pyrrole nitrogens is 1. The van der Waals surface area contributed by atoms with Crippen LogP contribution in [-0.4, -0.2) is 31.7 Å². The van der Waals surface area contributed by atoms with Gasteiger partial charge < -0.3 is 5.32 Å². The van der Waals surface area contributed by atoms with Crippen molar-refractivity contribution in [2.24, 2.45) is 7.05 Å². The monoisotopic (exact) mass is 282 g/mol. The number of aryl methyl sites for hydroxylation is 2. The van der Waals surface area contributed by atoms with Crippen LogP contribution in [-0.2, 0) is 13.5 Å². The molecule has 0 radical (unpaired) electrons. The fraction of sp³-hybridized carbons (Fsp3) is 0.583. The first-order chi connectivity index (χ1) is 9.13. The molecule has 0 spiro atoms. The van der Waals surface area contributed by atoms with Crippen LogP contribution in [0.4, 0.5) is 0 Å². The smallest absolute Gasteiger partial charge is 0.0997 e. The first kappa shape index (κ1) is 14.0. The summed E-state index contributed by atoms with van der Waals surface area (Å²) in [6.45, 7) is 4.97. The van der Waals surface area contributed by atoms with E-state index >= 15 is 0 Å². The van der Waals surface area contributed by atoms with Crippen LogP contribution in [0.25, 0.3) is 0 Å². The second kappa shape index (κ2) is 6.16. The molecular weight excluding hydrogens is 264 g/mol. The van der Waals surface area contributed by atoms with E-state index in [1.165, 1.54) is 0 Å². The first-order valence-corrected chi connectivity index (χ1v) is 6.78. The Morgan fingerprint density at radius 2 is 2.32 bits per heavy atom. The van der Waals surface area contributed by atoms with E-state index in [-0.39, 0.29) is 6.04 Å². The Bertz CT molecular complexity index is 519. The molecule has 2 heterocycles. The lowest BCUT2D eigenvalue weighted by Gasteiger charge is -2.16. The van der Waals surface area contributed by atoms with E-state index in [0.29, 0.717) is 0 Å². The van der Waals surface area contributed by atoms with Crippen LogP contribution in [0.3, 0.4) is 0 Å². The van der Waals surface area contributed by atoms with E-state index in [1.807, 2.05) is 18.7 Å². The Hall–Kier alpha value is -1.40. The quantitative estimate of drug-likeness (QED) is 0.847. The van der Waals surface area contributed by atoms with Gasteiger partial charge in [0.2, 0.25) is 0 Å². The Kier molecular flexibility index (Phi) is 4.55. The van der Waals surface area contributed by atoms with Crippen LogP contribution in [0.1, 0.15) is 36.5 Å². The molecule has 0 bridgehead atoms. The zero-order valence-corrected chi connectivity index (χ0v) is 12.2. The fourth-order valence-electron chi connectivity index (χ4n) is 2.07. The molecule has 0 fully saturated rings. The summed E-state index contributed by atoms with van der Waals surface area (Å²) in [4.78, 5) is 0. The van der Waals surface area contributed by atoms with E-state index in [0.717, 1.165) is 41.5 Å². The van der Waals surface area contributed by atoms with Gasteiger partial charge in [-0.3, -0.25) is 4.68 Å². The number of aromatic nitrogens is 5. The number of hydrogen-bond donors (Lipinski definition) is 2. The summed E-state index contributed by atoms with van der Waals surface area (Å²) in [5, 5.41) is 19.2. The molecule has 19 heavy (non-hydrogen) atoms. The molecule has 2 aromatic heterocycles. The highest BCUT2D eigenvalue weighted by atomic mass is 35.5. The maximum absolute atomic E-state index is 6.30. The molecule has 2 rings (SSSR count). The summed E-state index contributed by atoms with van der Waals surface area (Å²) < 4.78 is 1.83. The summed E-state index contributed by atoms with van der Waals surface area (Å²) in [6.07, 6.45) is 3.54. The standard InChI is InChI=1S/C12H19ClN6/c1-4-5-14-9(10-7-15-18-16-10)6-11-12(13)8(2)17-19(11)3/h7,9,14H,4-6H2,1-3H3,(H,15,16,18). The summed E-state index contributed by atoms with van der Waals surface area (Å²) in [6, 6.07) is 0.0889. The summed E-state index contributed by atoms with van der Waals surface area (Å²) in [5.41, 5.74) is 2.76. The highest BCUT2D eigenvalue weighted by Crippen LogP contribution is 2.24. The molecule has 7 heteroatoms. The number of halogens is 1. The second-order valence-corrected chi connectivity index (χ2v) is 4.95. The average molecular weight is 283 g/mol. The number of rotatable bonds is 6. The van der Waals surface area contributed by atoms with Gasteiger partial charge in [-0.25, -0.2) is 0 Å². The zero-order chi connectivity index (χ0) is 13.8. The molecular formula is C12H19ClN6. The molecule has 104 valence electrons. The van der Waals surface area contributed by atoms with E-state index in [9.17, 15) is 0 Å². The number of hydrogen-bond acceptors (Lipinski definition) is 4. The topological polar surface area (TPSA) is 71.4 Å². The maximum Gasteiger partial charge on any atom is 0.0997 e. The van der Waals surface area contributed by atoms with Crippen molar-refractivity contribution in [3.63, 3.8) is 0 Å².